The summed E-state index contributed by atoms with van der Waals surface area (Å²) in [6, 6.07) is 16.1. The number of carboxylic acids is 1. The summed E-state index contributed by atoms with van der Waals surface area (Å²) in [4.78, 5) is 37.7. The zero-order valence-corrected chi connectivity index (χ0v) is 19.6. The molecule has 1 saturated carbocycles. The fourth-order valence-electron chi connectivity index (χ4n) is 4.67. The van der Waals surface area contributed by atoms with Crippen LogP contribution in [0.25, 0.3) is 11.1 Å². The summed E-state index contributed by atoms with van der Waals surface area (Å²) < 4.78 is 10.6. The average Bonchev–Trinajstić information content (AvgIpc) is 3.61. The number of carboxylic acid groups (broad SMARTS) is 1. The number of nitrogens with one attached hydrogen (secondary N) is 2. The van der Waals surface area contributed by atoms with Crippen molar-refractivity contribution in [3.8, 4) is 11.1 Å². The van der Waals surface area contributed by atoms with Crippen LogP contribution in [-0.4, -0.2) is 54.5 Å². The van der Waals surface area contributed by atoms with Crippen molar-refractivity contribution in [3.05, 3.63) is 59.7 Å². The molecule has 0 heterocycles. The Balaban J connectivity index is 1.46. The van der Waals surface area contributed by atoms with Crippen LogP contribution in [0.2, 0.25) is 0 Å². The molecule has 2 aliphatic carbocycles. The smallest absolute Gasteiger partial charge is 0.408 e. The molecular formula is C26H30N2O6. The van der Waals surface area contributed by atoms with E-state index in [-0.39, 0.29) is 25.0 Å². The van der Waals surface area contributed by atoms with Crippen LogP contribution in [0.15, 0.2) is 48.5 Å². The predicted octanol–water partition coefficient (Wildman–Crippen LogP) is 3.30. The lowest BCUT2D eigenvalue weighted by molar-refractivity contribution is -0.150. The SMILES string of the molecule is COCC(C)(NC(=O)C(C)(NC(=O)OCC1c2ccccc2-c2ccccc21)C1CC1)C(=O)O. The summed E-state index contributed by atoms with van der Waals surface area (Å²) in [7, 11) is 1.36. The maximum Gasteiger partial charge on any atom is 0.408 e. The van der Waals surface area contributed by atoms with Crippen LogP contribution in [0.5, 0.6) is 0 Å². The van der Waals surface area contributed by atoms with Crippen molar-refractivity contribution in [1.29, 1.82) is 0 Å². The quantitative estimate of drug-likeness (QED) is 0.523. The van der Waals surface area contributed by atoms with Crippen molar-refractivity contribution in [1.82, 2.24) is 10.6 Å². The normalized spacial score (nSPS) is 18.1. The molecule has 4 rings (SSSR count). The van der Waals surface area contributed by atoms with E-state index in [0.717, 1.165) is 35.1 Å². The second kappa shape index (κ2) is 9.10. The van der Waals surface area contributed by atoms with E-state index in [9.17, 15) is 19.5 Å². The van der Waals surface area contributed by atoms with Crippen LogP contribution in [0.3, 0.4) is 0 Å². The van der Waals surface area contributed by atoms with E-state index in [0.29, 0.717) is 0 Å². The van der Waals surface area contributed by atoms with Gasteiger partial charge in [-0.25, -0.2) is 9.59 Å². The number of hydrogen-bond acceptors (Lipinski definition) is 5. The Kier molecular flexibility index (Phi) is 6.36. The van der Waals surface area contributed by atoms with Gasteiger partial charge >= 0.3 is 12.1 Å². The number of benzene rings is 2. The van der Waals surface area contributed by atoms with E-state index in [1.165, 1.54) is 14.0 Å². The van der Waals surface area contributed by atoms with Crippen LogP contribution in [-0.2, 0) is 19.1 Å². The maximum atomic E-state index is 13.2. The standard InChI is InChI=1S/C26H30N2O6/c1-25(15-33-3,23(30)31)27-22(29)26(2,16-12-13-16)28-24(32)34-14-21-19-10-6-4-8-17(19)18-9-5-7-11-20(18)21/h4-11,16,21H,12-15H2,1-3H3,(H,27,29)(H,28,32)(H,30,31). The molecule has 34 heavy (non-hydrogen) atoms. The summed E-state index contributed by atoms with van der Waals surface area (Å²) in [6.07, 6.45) is 0.790. The van der Waals surface area contributed by atoms with Gasteiger partial charge in [-0.05, 0) is 54.9 Å². The number of carbonyl (C=O) groups is 3. The van der Waals surface area contributed by atoms with Crippen LogP contribution >= 0.6 is 0 Å². The minimum atomic E-state index is -1.62. The van der Waals surface area contributed by atoms with E-state index in [4.69, 9.17) is 9.47 Å². The minimum absolute atomic E-state index is 0.101. The Bertz CT molecular complexity index is 1070. The van der Waals surface area contributed by atoms with Gasteiger partial charge in [0, 0.05) is 13.0 Å². The first-order valence-corrected chi connectivity index (χ1v) is 11.4. The molecule has 2 aliphatic rings. The van der Waals surface area contributed by atoms with Crippen molar-refractivity contribution in [3.63, 3.8) is 0 Å². The molecular weight excluding hydrogens is 436 g/mol. The first-order valence-electron chi connectivity index (χ1n) is 11.4. The molecule has 2 unspecified atom stereocenters. The fourth-order valence-corrected chi connectivity index (χ4v) is 4.67. The number of aliphatic carboxylic acids is 1. The van der Waals surface area contributed by atoms with Crippen LogP contribution in [0, 0.1) is 5.92 Å². The van der Waals surface area contributed by atoms with Gasteiger partial charge in [0.05, 0.1) is 6.61 Å². The van der Waals surface area contributed by atoms with Crippen molar-refractivity contribution in [2.75, 3.05) is 20.3 Å². The van der Waals surface area contributed by atoms with E-state index in [1.807, 2.05) is 36.4 Å². The maximum absolute atomic E-state index is 13.2. The summed E-state index contributed by atoms with van der Waals surface area (Å²) in [5.41, 5.74) is 1.52. The number of alkyl carbamates (subject to hydrolysis) is 1. The third-order valence-corrected chi connectivity index (χ3v) is 6.87. The number of hydrogen-bond donors (Lipinski definition) is 3. The molecule has 3 N–H and O–H groups in total. The second-order valence-electron chi connectivity index (χ2n) is 9.45. The molecule has 1 fully saturated rings. The third kappa shape index (κ3) is 4.37. The van der Waals surface area contributed by atoms with Gasteiger partial charge in [-0.3, -0.25) is 4.79 Å². The molecule has 0 aromatic heterocycles. The van der Waals surface area contributed by atoms with Crippen molar-refractivity contribution < 1.29 is 29.0 Å². The predicted molar refractivity (Wildman–Crippen MR) is 125 cm³/mol. The van der Waals surface area contributed by atoms with Crippen LogP contribution in [0.4, 0.5) is 4.79 Å². The van der Waals surface area contributed by atoms with Gasteiger partial charge in [0.15, 0.2) is 5.54 Å². The highest BCUT2D eigenvalue weighted by molar-refractivity contribution is 5.94. The summed E-state index contributed by atoms with van der Waals surface area (Å²) in [5, 5.41) is 14.8. The van der Waals surface area contributed by atoms with Crippen molar-refractivity contribution in [2.45, 2.75) is 43.7 Å². The van der Waals surface area contributed by atoms with E-state index in [1.54, 1.807) is 6.92 Å². The van der Waals surface area contributed by atoms with Gasteiger partial charge in [0.2, 0.25) is 5.91 Å². The number of rotatable bonds is 9. The van der Waals surface area contributed by atoms with Crippen LogP contribution < -0.4 is 10.6 Å². The van der Waals surface area contributed by atoms with Gasteiger partial charge in [-0.2, -0.15) is 0 Å². The number of methoxy groups -OCH3 is 1. The average molecular weight is 467 g/mol. The number of amides is 2. The Morgan fingerprint density at radius 1 is 0.971 bits per heavy atom. The molecule has 8 heteroatoms. The third-order valence-electron chi connectivity index (χ3n) is 6.87. The lowest BCUT2D eigenvalue weighted by Crippen LogP contribution is -2.65. The highest BCUT2D eigenvalue weighted by Crippen LogP contribution is 2.44. The van der Waals surface area contributed by atoms with Gasteiger partial charge < -0.3 is 25.2 Å². The Morgan fingerprint density at radius 3 is 2.03 bits per heavy atom. The summed E-state index contributed by atoms with van der Waals surface area (Å²) >= 11 is 0. The molecule has 2 atom stereocenters. The highest BCUT2D eigenvalue weighted by atomic mass is 16.5. The molecule has 0 aliphatic heterocycles. The largest absolute Gasteiger partial charge is 0.479 e. The van der Waals surface area contributed by atoms with E-state index >= 15 is 0 Å². The zero-order chi connectivity index (χ0) is 24.5. The first-order chi connectivity index (χ1) is 16.2. The van der Waals surface area contributed by atoms with Gasteiger partial charge in [0.25, 0.3) is 0 Å². The number of carbonyl (C=O) groups excluding carboxylic acids is 2. The zero-order valence-electron chi connectivity index (χ0n) is 19.6. The molecule has 2 aromatic carbocycles. The van der Waals surface area contributed by atoms with E-state index < -0.39 is 29.0 Å². The monoisotopic (exact) mass is 466 g/mol. The topological polar surface area (TPSA) is 114 Å². The first kappa shape index (κ1) is 23.8. The summed E-state index contributed by atoms with van der Waals surface area (Å²) in [5.74, 6) is -2.00. The highest BCUT2D eigenvalue weighted by Gasteiger charge is 2.51. The molecule has 0 spiro atoms. The Labute approximate surface area is 198 Å². The lowest BCUT2D eigenvalue weighted by atomic mass is 9.92. The Hall–Kier alpha value is -3.39. The van der Waals surface area contributed by atoms with Gasteiger partial charge in [-0.15, -0.1) is 0 Å². The molecule has 0 radical (unpaired) electrons. The fraction of sp³-hybridized carbons (Fsp3) is 0.423. The van der Waals surface area contributed by atoms with Gasteiger partial charge in [0.1, 0.15) is 12.1 Å². The lowest BCUT2D eigenvalue weighted by Gasteiger charge is -2.34. The second-order valence-corrected chi connectivity index (χ2v) is 9.45. The van der Waals surface area contributed by atoms with Crippen molar-refractivity contribution >= 4 is 18.0 Å². The van der Waals surface area contributed by atoms with Crippen LogP contribution in [0.1, 0.15) is 43.7 Å². The molecule has 8 nitrogen and oxygen atoms in total. The van der Waals surface area contributed by atoms with Gasteiger partial charge in [-0.1, -0.05) is 48.5 Å². The molecule has 0 bridgehead atoms. The molecule has 2 aromatic rings. The van der Waals surface area contributed by atoms with E-state index in [2.05, 4.69) is 22.8 Å². The minimum Gasteiger partial charge on any atom is -0.479 e. The molecule has 2 amide bonds. The molecule has 0 saturated heterocycles. The Morgan fingerprint density at radius 2 is 1.53 bits per heavy atom. The number of fused-ring (bicyclic) bond motifs is 3. The molecule has 180 valence electrons. The summed E-state index contributed by atoms with van der Waals surface area (Å²) in [6.45, 7) is 2.90. The van der Waals surface area contributed by atoms with Crippen molar-refractivity contribution in [2.24, 2.45) is 5.92 Å². The number of ether oxygens (including phenoxy) is 2.